The monoisotopic (exact) mass is 348 g/mol. The van der Waals surface area contributed by atoms with Crippen LogP contribution in [0, 0.1) is 5.41 Å². The fourth-order valence-electron chi connectivity index (χ4n) is 1.31. The highest BCUT2D eigenvalue weighted by Crippen LogP contribution is 2.32. The summed E-state index contributed by atoms with van der Waals surface area (Å²) in [5.41, 5.74) is 5.37. The fourth-order valence-corrected chi connectivity index (χ4v) is 2.08. The number of hydrogen-bond donors (Lipinski definition) is 2. The van der Waals surface area contributed by atoms with E-state index in [1.165, 1.54) is 0 Å². The SMILES string of the molecule is CCC(C)(C(=O)Nc1cccc(Cl)c1Br)C(N)=S. The molecule has 0 fully saturated rings. The molecular formula is C12H14BrClN2OS. The van der Waals surface area contributed by atoms with Gasteiger partial charge in [-0.2, -0.15) is 0 Å². The Morgan fingerprint density at radius 1 is 1.61 bits per heavy atom. The number of nitrogens with two attached hydrogens (primary N) is 1. The molecule has 0 bridgehead atoms. The molecule has 18 heavy (non-hydrogen) atoms. The lowest BCUT2D eigenvalue weighted by atomic mass is 9.86. The molecule has 0 saturated heterocycles. The maximum absolute atomic E-state index is 12.2. The molecule has 98 valence electrons. The van der Waals surface area contributed by atoms with Gasteiger partial charge in [0.2, 0.25) is 5.91 Å². The van der Waals surface area contributed by atoms with Crippen molar-refractivity contribution in [2.24, 2.45) is 11.1 Å². The highest BCUT2D eigenvalue weighted by molar-refractivity contribution is 9.10. The predicted octanol–water partition coefficient (Wildman–Crippen LogP) is 3.74. The van der Waals surface area contributed by atoms with Crippen LogP contribution in [0.1, 0.15) is 20.3 Å². The smallest absolute Gasteiger partial charge is 0.237 e. The number of carbonyl (C=O) groups excluding carboxylic acids is 1. The Labute approximate surface area is 125 Å². The summed E-state index contributed by atoms with van der Waals surface area (Å²) in [7, 11) is 0. The highest BCUT2D eigenvalue weighted by Gasteiger charge is 2.34. The normalized spacial score (nSPS) is 13.8. The van der Waals surface area contributed by atoms with Crippen molar-refractivity contribution in [1.29, 1.82) is 0 Å². The van der Waals surface area contributed by atoms with Crippen molar-refractivity contribution in [3.05, 3.63) is 27.7 Å². The molecule has 0 spiro atoms. The van der Waals surface area contributed by atoms with Crippen LogP contribution in [-0.2, 0) is 4.79 Å². The minimum Gasteiger partial charge on any atom is -0.392 e. The average Bonchev–Trinajstić information content (AvgIpc) is 2.33. The lowest BCUT2D eigenvalue weighted by Gasteiger charge is -2.25. The van der Waals surface area contributed by atoms with Crippen LogP contribution in [0.5, 0.6) is 0 Å². The van der Waals surface area contributed by atoms with E-state index in [-0.39, 0.29) is 10.9 Å². The predicted molar refractivity (Wildman–Crippen MR) is 83.0 cm³/mol. The topological polar surface area (TPSA) is 55.1 Å². The van der Waals surface area contributed by atoms with E-state index in [1.807, 2.05) is 6.92 Å². The van der Waals surface area contributed by atoms with Crippen LogP contribution in [0.3, 0.4) is 0 Å². The Balaban J connectivity index is 3.01. The summed E-state index contributed by atoms with van der Waals surface area (Å²) in [6.07, 6.45) is 0.534. The Bertz CT molecular complexity index is 495. The second kappa shape index (κ2) is 5.99. The maximum Gasteiger partial charge on any atom is 0.237 e. The Hall–Kier alpha value is -0.650. The van der Waals surface area contributed by atoms with E-state index in [2.05, 4.69) is 21.2 Å². The molecular weight excluding hydrogens is 336 g/mol. The highest BCUT2D eigenvalue weighted by atomic mass is 79.9. The summed E-state index contributed by atoms with van der Waals surface area (Å²) in [6.45, 7) is 3.59. The van der Waals surface area contributed by atoms with Crippen molar-refractivity contribution in [3.8, 4) is 0 Å². The van der Waals surface area contributed by atoms with Gasteiger partial charge in [-0.05, 0) is 41.4 Å². The number of rotatable bonds is 4. The number of hydrogen-bond acceptors (Lipinski definition) is 2. The quantitative estimate of drug-likeness (QED) is 0.814. The Kier molecular flexibility index (Phi) is 5.13. The van der Waals surface area contributed by atoms with Gasteiger partial charge in [-0.25, -0.2) is 0 Å². The molecule has 1 aromatic carbocycles. The zero-order valence-electron chi connectivity index (χ0n) is 10.1. The average molecular weight is 350 g/mol. The molecule has 0 saturated carbocycles. The molecule has 0 heterocycles. The van der Waals surface area contributed by atoms with Gasteiger partial charge >= 0.3 is 0 Å². The minimum absolute atomic E-state index is 0.181. The lowest BCUT2D eigenvalue weighted by Crippen LogP contribution is -2.43. The van der Waals surface area contributed by atoms with E-state index in [9.17, 15) is 4.79 Å². The van der Waals surface area contributed by atoms with Crippen LogP contribution in [0.25, 0.3) is 0 Å². The zero-order valence-corrected chi connectivity index (χ0v) is 13.2. The summed E-state index contributed by atoms with van der Waals surface area (Å²) in [5.74, 6) is -0.236. The zero-order chi connectivity index (χ0) is 13.9. The van der Waals surface area contributed by atoms with Crippen molar-refractivity contribution in [3.63, 3.8) is 0 Å². The second-order valence-electron chi connectivity index (χ2n) is 4.11. The summed E-state index contributed by atoms with van der Waals surface area (Å²) >= 11 is 14.2. The van der Waals surface area contributed by atoms with Crippen molar-refractivity contribution in [2.75, 3.05) is 5.32 Å². The molecule has 0 aliphatic carbocycles. The molecule has 1 atom stereocenters. The summed E-state index contributed by atoms with van der Waals surface area (Å²) < 4.78 is 0.640. The van der Waals surface area contributed by atoms with Crippen molar-refractivity contribution in [2.45, 2.75) is 20.3 Å². The van der Waals surface area contributed by atoms with E-state index >= 15 is 0 Å². The maximum atomic E-state index is 12.2. The van der Waals surface area contributed by atoms with Crippen LogP contribution < -0.4 is 11.1 Å². The Morgan fingerprint density at radius 3 is 2.72 bits per heavy atom. The van der Waals surface area contributed by atoms with Crippen molar-refractivity contribution < 1.29 is 4.79 Å². The molecule has 1 rings (SSSR count). The minimum atomic E-state index is -0.864. The van der Waals surface area contributed by atoms with E-state index in [1.54, 1.807) is 25.1 Å². The third kappa shape index (κ3) is 3.02. The van der Waals surface area contributed by atoms with Crippen LogP contribution in [0.4, 0.5) is 5.69 Å². The summed E-state index contributed by atoms with van der Waals surface area (Å²) in [4.78, 5) is 12.4. The van der Waals surface area contributed by atoms with Crippen molar-refractivity contribution in [1.82, 2.24) is 0 Å². The molecule has 0 aliphatic heterocycles. The van der Waals surface area contributed by atoms with E-state index in [0.717, 1.165) is 0 Å². The van der Waals surface area contributed by atoms with Gasteiger partial charge in [-0.15, -0.1) is 0 Å². The summed E-state index contributed by atoms with van der Waals surface area (Å²) in [6, 6.07) is 5.24. The van der Waals surface area contributed by atoms with Gasteiger partial charge in [0.1, 0.15) is 0 Å². The number of amides is 1. The first-order chi connectivity index (χ1) is 8.32. The van der Waals surface area contributed by atoms with Crippen molar-refractivity contribution >= 4 is 56.3 Å². The van der Waals surface area contributed by atoms with Gasteiger partial charge in [0.15, 0.2) is 0 Å². The second-order valence-corrected chi connectivity index (χ2v) is 5.75. The first-order valence-corrected chi connectivity index (χ1v) is 6.96. The number of benzene rings is 1. The van der Waals surface area contributed by atoms with Crippen LogP contribution >= 0.6 is 39.7 Å². The summed E-state index contributed by atoms with van der Waals surface area (Å²) in [5, 5.41) is 3.32. The standard InChI is InChI=1S/C12H14BrClN2OS/c1-3-12(2,10(15)18)11(17)16-8-6-4-5-7(14)9(8)13/h4-6H,3H2,1-2H3,(H2,15,18)(H,16,17). The molecule has 3 nitrogen and oxygen atoms in total. The van der Waals surface area contributed by atoms with Gasteiger partial charge in [-0.3, -0.25) is 4.79 Å². The third-order valence-electron chi connectivity index (χ3n) is 2.95. The largest absolute Gasteiger partial charge is 0.392 e. The number of nitrogens with one attached hydrogen (secondary N) is 1. The molecule has 1 unspecified atom stereocenters. The van der Waals surface area contributed by atoms with Gasteiger partial charge in [0.25, 0.3) is 0 Å². The van der Waals surface area contributed by atoms with E-state index in [0.29, 0.717) is 21.6 Å². The fraction of sp³-hybridized carbons (Fsp3) is 0.333. The van der Waals surface area contributed by atoms with Gasteiger partial charge in [-0.1, -0.05) is 36.8 Å². The van der Waals surface area contributed by atoms with Gasteiger partial charge < -0.3 is 11.1 Å². The first-order valence-electron chi connectivity index (χ1n) is 5.38. The number of carbonyl (C=O) groups is 1. The number of halogens is 2. The Morgan fingerprint density at radius 2 is 2.22 bits per heavy atom. The van der Waals surface area contributed by atoms with Crippen LogP contribution in [-0.4, -0.2) is 10.9 Å². The molecule has 3 N–H and O–H groups in total. The van der Waals surface area contributed by atoms with E-state index in [4.69, 9.17) is 29.6 Å². The lowest BCUT2D eigenvalue weighted by molar-refractivity contribution is -0.121. The molecule has 1 aromatic rings. The first kappa shape index (κ1) is 15.4. The van der Waals surface area contributed by atoms with Crippen LogP contribution in [0.2, 0.25) is 5.02 Å². The molecule has 0 radical (unpaired) electrons. The molecule has 6 heteroatoms. The van der Waals surface area contributed by atoms with Gasteiger partial charge in [0, 0.05) is 0 Å². The van der Waals surface area contributed by atoms with Crippen LogP contribution in [0.15, 0.2) is 22.7 Å². The third-order valence-corrected chi connectivity index (χ3v) is 4.80. The van der Waals surface area contributed by atoms with Gasteiger partial charge in [0.05, 0.1) is 25.6 Å². The molecule has 0 aliphatic rings. The molecule has 1 amide bonds. The number of thiocarbonyl (C=S) groups is 1. The molecule has 0 aromatic heterocycles. The van der Waals surface area contributed by atoms with E-state index < -0.39 is 5.41 Å². The number of anilines is 1.